The lowest BCUT2D eigenvalue weighted by molar-refractivity contribution is 0.103. The highest BCUT2D eigenvalue weighted by atomic mass is 16.3. The zero-order valence-corrected chi connectivity index (χ0v) is 13.2. The van der Waals surface area contributed by atoms with E-state index in [1.54, 1.807) is 12.3 Å². The predicted octanol–water partition coefficient (Wildman–Crippen LogP) is 4.62. The van der Waals surface area contributed by atoms with Gasteiger partial charge < -0.3 is 4.42 Å². The Labute approximate surface area is 120 Å². The fourth-order valence-corrected chi connectivity index (χ4v) is 2.79. The molecule has 2 nitrogen and oxygen atoms in total. The Morgan fingerprint density at radius 3 is 1.95 bits per heavy atom. The molecule has 0 radical (unpaired) electrons. The summed E-state index contributed by atoms with van der Waals surface area (Å²) in [5.41, 5.74) is 7.39. The minimum atomic E-state index is 0.0804. The fraction of sp³-hybridized carbons (Fsp3) is 0.389. The molecule has 0 spiro atoms. The Morgan fingerprint density at radius 2 is 1.45 bits per heavy atom. The molecule has 106 valence electrons. The van der Waals surface area contributed by atoms with E-state index in [4.69, 9.17) is 4.42 Å². The second-order valence-electron chi connectivity index (χ2n) is 5.44. The lowest BCUT2D eigenvalue weighted by Crippen LogP contribution is -2.11. The highest BCUT2D eigenvalue weighted by Crippen LogP contribution is 2.29. The van der Waals surface area contributed by atoms with Crippen molar-refractivity contribution in [2.24, 2.45) is 0 Å². The Kier molecular flexibility index (Phi) is 3.85. The molecule has 20 heavy (non-hydrogen) atoms. The first-order valence-electron chi connectivity index (χ1n) is 7.08. The zero-order chi connectivity index (χ0) is 15.0. The lowest BCUT2D eigenvalue weighted by Gasteiger charge is -2.17. The highest BCUT2D eigenvalue weighted by molar-refractivity contribution is 6.11. The molecule has 0 saturated carbocycles. The van der Waals surface area contributed by atoms with Crippen LogP contribution in [-0.4, -0.2) is 5.78 Å². The summed E-state index contributed by atoms with van der Waals surface area (Å²) in [7, 11) is 0. The molecule has 0 aliphatic rings. The van der Waals surface area contributed by atoms with Gasteiger partial charge in [-0.3, -0.25) is 4.79 Å². The van der Waals surface area contributed by atoms with Crippen molar-refractivity contribution in [2.45, 2.75) is 48.0 Å². The van der Waals surface area contributed by atoms with E-state index in [1.807, 2.05) is 20.8 Å². The van der Waals surface area contributed by atoms with Gasteiger partial charge in [0.05, 0.1) is 11.8 Å². The number of benzene rings is 1. The van der Waals surface area contributed by atoms with Gasteiger partial charge >= 0.3 is 0 Å². The van der Waals surface area contributed by atoms with Crippen LogP contribution in [0.3, 0.4) is 0 Å². The maximum absolute atomic E-state index is 12.9. The van der Waals surface area contributed by atoms with Gasteiger partial charge in [0.15, 0.2) is 5.78 Å². The van der Waals surface area contributed by atoms with Gasteiger partial charge in [-0.15, -0.1) is 0 Å². The van der Waals surface area contributed by atoms with Gasteiger partial charge in [0.1, 0.15) is 5.76 Å². The Hall–Kier alpha value is -1.83. The number of aryl methyl sites for hydroxylation is 1. The first-order valence-corrected chi connectivity index (χ1v) is 7.08. The molecule has 2 heteroatoms. The SMILES string of the molecule is CCc1occc1C(=O)c1c(C)c(C)c(C)c(C)c1C. The fourth-order valence-electron chi connectivity index (χ4n) is 2.79. The van der Waals surface area contributed by atoms with Gasteiger partial charge in [0.25, 0.3) is 0 Å². The summed E-state index contributed by atoms with van der Waals surface area (Å²) in [5, 5.41) is 0. The van der Waals surface area contributed by atoms with Crippen LogP contribution in [0, 0.1) is 34.6 Å². The number of hydrogen-bond donors (Lipinski definition) is 0. The van der Waals surface area contributed by atoms with E-state index in [1.165, 1.54) is 16.7 Å². The molecular formula is C18H22O2. The van der Waals surface area contributed by atoms with Crippen LogP contribution in [-0.2, 0) is 6.42 Å². The molecule has 0 fully saturated rings. The maximum Gasteiger partial charge on any atom is 0.197 e. The second kappa shape index (κ2) is 5.28. The molecule has 0 atom stereocenters. The van der Waals surface area contributed by atoms with Crippen molar-refractivity contribution in [1.29, 1.82) is 0 Å². The van der Waals surface area contributed by atoms with Crippen molar-refractivity contribution in [3.63, 3.8) is 0 Å². The van der Waals surface area contributed by atoms with Crippen LogP contribution >= 0.6 is 0 Å². The number of ketones is 1. The molecule has 0 bridgehead atoms. The average molecular weight is 270 g/mol. The van der Waals surface area contributed by atoms with Gasteiger partial charge in [0, 0.05) is 12.0 Å². The minimum absolute atomic E-state index is 0.0804. The van der Waals surface area contributed by atoms with E-state index < -0.39 is 0 Å². The molecule has 1 aromatic heterocycles. The molecule has 0 unspecified atom stereocenters. The largest absolute Gasteiger partial charge is 0.469 e. The van der Waals surface area contributed by atoms with E-state index in [9.17, 15) is 4.79 Å². The van der Waals surface area contributed by atoms with Crippen molar-refractivity contribution in [1.82, 2.24) is 0 Å². The number of carbonyl (C=O) groups is 1. The normalized spacial score (nSPS) is 10.9. The summed E-state index contributed by atoms with van der Waals surface area (Å²) in [6, 6.07) is 1.78. The smallest absolute Gasteiger partial charge is 0.197 e. The predicted molar refractivity (Wildman–Crippen MR) is 81.6 cm³/mol. The van der Waals surface area contributed by atoms with E-state index in [-0.39, 0.29) is 5.78 Å². The van der Waals surface area contributed by atoms with Crippen LogP contribution in [0.5, 0.6) is 0 Å². The highest BCUT2D eigenvalue weighted by Gasteiger charge is 2.22. The van der Waals surface area contributed by atoms with Gasteiger partial charge in [-0.1, -0.05) is 6.92 Å². The number of carbonyl (C=O) groups excluding carboxylic acids is 1. The van der Waals surface area contributed by atoms with Gasteiger partial charge in [-0.2, -0.15) is 0 Å². The molecule has 0 amide bonds. The van der Waals surface area contributed by atoms with Crippen molar-refractivity contribution in [3.8, 4) is 0 Å². The first kappa shape index (κ1) is 14.6. The number of rotatable bonds is 3. The summed E-state index contributed by atoms with van der Waals surface area (Å²) < 4.78 is 5.40. The van der Waals surface area contributed by atoms with Gasteiger partial charge in [-0.05, 0) is 68.5 Å². The van der Waals surface area contributed by atoms with Crippen molar-refractivity contribution in [3.05, 3.63) is 57.0 Å². The van der Waals surface area contributed by atoms with Gasteiger partial charge in [-0.25, -0.2) is 0 Å². The third-order valence-electron chi connectivity index (χ3n) is 4.54. The Balaban J connectivity index is 2.68. The van der Waals surface area contributed by atoms with E-state index >= 15 is 0 Å². The first-order chi connectivity index (χ1) is 9.40. The molecule has 0 aliphatic carbocycles. The van der Waals surface area contributed by atoms with Crippen LogP contribution in [0.1, 0.15) is 56.4 Å². The lowest BCUT2D eigenvalue weighted by atomic mass is 9.86. The monoisotopic (exact) mass is 270 g/mol. The topological polar surface area (TPSA) is 30.2 Å². The van der Waals surface area contributed by atoms with Crippen molar-refractivity contribution >= 4 is 5.78 Å². The molecule has 2 rings (SSSR count). The average Bonchev–Trinajstić information content (AvgIpc) is 2.91. The van der Waals surface area contributed by atoms with E-state index in [2.05, 4.69) is 20.8 Å². The van der Waals surface area contributed by atoms with E-state index in [0.29, 0.717) is 5.56 Å². The second-order valence-corrected chi connectivity index (χ2v) is 5.44. The zero-order valence-electron chi connectivity index (χ0n) is 13.2. The summed E-state index contributed by atoms with van der Waals surface area (Å²) in [4.78, 5) is 12.9. The Bertz CT molecular complexity index is 646. The third kappa shape index (κ3) is 2.09. The number of furan rings is 1. The standard InChI is InChI=1S/C18H22O2/c1-7-16-15(8-9-20-16)18(19)17-13(5)11(3)10(2)12(4)14(17)6/h8-9H,7H2,1-6H3. The van der Waals surface area contributed by atoms with Crippen LogP contribution < -0.4 is 0 Å². The summed E-state index contributed by atoms with van der Waals surface area (Å²) in [6.45, 7) is 12.4. The summed E-state index contributed by atoms with van der Waals surface area (Å²) >= 11 is 0. The number of hydrogen-bond acceptors (Lipinski definition) is 2. The molecule has 2 aromatic rings. The van der Waals surface area contributed by atoms with Crippen LogP contribution in [0.25, 0.3) is 0 Å². The summed E-state index contributed by atoms with van der Waals surface area (Å²) in [6.07, 6.45) is 2.33. The van der Waals surface area contributed by atoms with Gasteiger partial charge in [0.2, 0.25) is 0 Å². The van der Waals surface area contributed by atoms with Crippen LogP contribution in [0.4, 0.5) is 0 Å². The summed E-state index contributed by atoms with van der Waals surface area (Å²) in [5.74, 6) is 0.849. The van der Waals surface area contributed by atoms with Crippen LogP contribution in [0.15, 0.2) is 16.7 Å². The molecule has 0 N–H and O–H groups in total. The van der Waals surface area contributed by atoms with Crippen LogP contribution in [0.2, 0.25) is 0 Å². The molecule has 0 saturated heterocycles. The van der Waals surface area contributed by atoms with E-state index in [0.717, 1.165) is 28.9 Å². The maximum atomic E-state index is 12.9. The molecule has 1 aromatic carbocycles. The molecular weight excluding hydrogens is 248 g/mol. The molecule has 0 aliphatic heterocycles. The third-order valence-corrected chi connectivity index (χ3v) is 4.54. The minimum Gasteiger partial charge on any atom is -0.469 e. The van der Waals surface area contributed by atoms with Crippen molar-refractivity contribution < 1.29 is 9.21 Å². The van der Waals surface area contributed by atoms with Crippen molar-refractivity contribution in [2.75, 3.05) is 0 Å². The molecule has 1 heterocycles. The Morgan fingerprint density at radius 1 is 0.950 bits per heavy atom. The quantitative estimate of drug-likeness (QED) is 0.762.